The lowest BCUT2D eigenvalue weighted by Crippen LogP contribution is -2.54. The summed E-state index contributed by atoms with van der Waals surface area (Å²) >= 11 is 0.951. The van der Waals surface area contributed by atoms with Crippen LogP contribution >= 0.6 is 11.3 Å². The predicted octanol–water partition coefficient (Wildman–Crippen LogP) is 3.49. The predicted molar refractivity (Wildman–Crippen MR) is 107 cm³/mol. The van der Waals surface area contributed by atoms with E-state index in [4.69, 9.17) is 0 Å². The number of nitrogens with zero attached hydrogens (tertiary/aromatic N) is 1. The molecule has 0 radical (unpaired) electrons. The van der Waals surface area contributed by atoms with Crippen LogP contribution in [0.3, 0.4) is 0 Å². The lowest BCUT2D eigenvalue weighted by Gasteiger charge is -2.38. The number of likely N-dealkylation sites (N-methyl/N-ethyl adjacent to an activating group) is 1. The molecule has 1 heterocycles. The molecule has 7 nitrogen and oxygen atoms in total. The lowest BCUT2D eigenvalue weighted by atomic mass is 9.70. The van der Waals surface area contributed by atoms with Crippen molar-refractivity contribution in [2.45, 2.75) is 44.9 Å². The van der Waals surface area contributed by atoms with Crippen molar-refractivity contribution < 1.29 is 27.9 Å². The van der Waals surface area contributed by atoms with E-state index in [0.29, 0.717) is 16.8 Å². The fourth-order valence-corrected chi connectivity index (χ4v) is 4.21. The molecule has 30 heavy (non-hydrogen) atoms. The van der Waals surface area contributed by atoms with Gasteiger partial charge in [-0.2, -0.15) is 13.2 Å². The maximum Gasteiger partial charge on any atom is 0.430 e. The summed E-state index contributed by atoms with van der Waals surface area (Å²) in [6.45, 7) is 4.00. The summed E-state index contributed by atoms with van der Waals surface area (Å²) in [6, 6.07) is 2.90. The maximum absolute atomic E-state index is 13.6. The smallest absolute Gasteiger partial charge is 0.369 e. The average Bonchev–Trinajstić information content (AvgIpc) is 3.04. The minimum absolute atomic E-state index is 0.0672. The molecule has 11 heteroatoms. The molecule has 3 rings (SSSR count). The van der Waals surface area contributed by atoms with Gasteiger partial charge in [0.25, 0.3) is 11.5 Å². The third-order valence-corrected chi connectivity index (χ3v) is 6.27. The number of amides is 3. The SMILES string of the molecule is CCNC(=O)[C@@](O)(c1ccc2nc(NC(=O)NCC3(C)CCC3)sc2c1)C(F)(F)F. The summed E-state index contributed by atoms with van der Waals surface area (Å²) in [5.74, 6) is -1.55. The van der Waals surface area contributed by atoms with Gasteiger partial charge in [0.15, 0.2) is 5.13 Å². The van der Waals surface area contributed by atoms with Gasteiger partial charge < -0.3 is 15.7 Å². The molecule has 1 fully saturated rings. The lowest BCUT2D eigenvalue weighted by molar-refractivity contribution is -0.256. The molecule has 0 aliphatic heterocycles. The third kappa shape index (κ3) is 4.22. The summed E-state index contributed by atoms with van der Waals surface area (Å²) in [4.78, 5) is 28.3. The molecule has 1 atom stereocenters. The van der Waals surface area contributed by atoms with E-state index in [-0.39, 0.29) is 17.1 Å². The van der Waals surface area contributed by atoms with Gasteiger partial charge in [-0.1, -0.05) is 30.7 Å². The average molecular weight is 444 g/mol. The Hall–Kier alpha value is -2.40. The number of aromatic nitrogens is 1. The number of urea groups is 1. The van der Waals surface area contributed by atoms with E-state index in [1.807, 2.05) is 5.32 Å². The second-order valence-electron chi connectivity index (χ2n) is 7.74. The Morgan fingerprint density at radius 3 is 2.53 bits per heavy atom. The molecule has 3 amide bonds. The standard InChI is InChI=1S/C19H23F3N4O3S/c1-3-23-14(27)18(29,19(20,21)22)11-5-6-12-13(9-11)30-16(25-12)26-15(28)24-10-17(2)7-4-8-17/h5-6,9,29H,3-4,7-8,10H2,1-2H3,(H,23,27)(H2,24,25,26,28)/t18-/m0/s1. The van der Waals surface area contributed by atoms with Gasteiger partial charge in [-0.3, -0.25) is 10.1 Å². The second kappa shape index (κ2) is 8.03. The Morgan fingerprint density at radius 1 is 1.27 bits per heavy atom. The first-order valence-corrected chi connectivity index (χ1v) is 10.3. The fourth-order valence-electron chi connectivity index (χ4n) is 3.31. The van der Waals surface area contributed by atoms with Crippen LogP contribution in [0, 0.1) is 5.41 Å². The van der Waals surface area contributed by atoms with Crippen molar-refractivity contribution in [3.8, 4) is 0 Å². The molecule has 4 N–H and O–H groups in total. The van der Waals surface area contributed by atoms with E-state index in [9.17, 15) is 27.9 Å². The second-order valence-corrected chi connectivity index (χ2v) is 8.77. The topological polar surface area (TPSA) is 103 Å². The van der Waals surface area contributed by atoms with Gasteiger partial charge in [-0.05, 0) is 37.3 Å². The summed E-state index contributed by atoms with van der Waals surface area (Å²) in [5, 5.41) is 17.8. The van der Waals surface area contributed by atoms with Gasteiger partial charge in [0.2, 0.25) is 0 Å². The first-order chi connectivity index (χ1) is 14.0. The van der Waals surface area contributed by atoms with Crippen molar-refractivity contribution in [3.63, 3.8) is 0 Å². The zero-order chi connectivity index (χ0) is 22.2. The van der Waals surface area contributed by atoms with Crippen LogP contribution < -0.4 is 16.0 Å². The minimum atomic E-state index is -5.22. The van der Waals surface area contributed by atoms with Crippen LogP contribution in [0.15, 0.2) is 18.2 Å². The summed E-state index contributed by atoms with van der Waals surface area (Å²) in [6.07, 6.45) is -1.99. The van der Waals surface area contributed by atoms with E-state index in [1.54, 1.807) is 0 Å². The molecule has 1 aromatic heterocycles. The number of anilines is 1. The number of nitrogens with one attached hydrogen (secondary N) is 3. The number of alkyl halides is 3. The largest absolute Gasteiger partial charge is 0.430 e. The quantitative estimate of drug-likeness (QED) is 0.548. The monoisotopic (exact) mass is 444 g/mol. The van der Waals surface area contributed by atoms with E-state index in [2.05, 4.69) is 22.5 Å². The van der Waals surface area contributed by atoms with Crippen LogP contribution in [-0.4, -0.2) is 41.3 Å². The Balaban J connectivity index is 1.80. The number of benzene rings is 1. The van der Waals surface area contributed by atoms with Crippen molar-refractivity contribution in [2.75, 3.05) is 18.4 Å². The first-order valence-electron chi connectivity index (χ1n) is 9.52. The Morgan fingerprint density at radius 2 is 1.97 bits per heavy atom. The molecular formula is C19H23F3N4O3S. The van der Waals surface area contributed by atoms with Crippen LogP contribution in [0.25, 0.3) is 10.2 Å². The number of fused-ring (bicyclic) bond motifs is 1. The first kappa shape index (κ1) is 22.3. The normalized spacial score (nSPS) is 17.7. The molecule has 1 aliphatic carbocycles. The molecule has 1 aromatic carbocycles. The van der Waals surface area contributed by atoms with Gasteiger partial charge >= 0.3 is 12.2 Å². The zero-order valence-electron chi connectivity index (χ0n) is 16.5. The van der Waals surface area contributed by atoms with Crippen LogP contribution in [0.5, 0.6) is 0 Å². The van der Waals surface area contributed by atoms with E-state index >= 15 is 0 Å². The molecule has 0 spiro atoms. The van der Waals surface area contributed by atoms with E-state index in [1.165, 1.54) is 13.0 Å². The van der Waals surface area contributed by atoms with Gasteiger partial charge in [0.05, 0.1) is 10.2 Å². The summed E-state index contributed by atoms with van der Waals surface area (Å²) in [5.41, 5.74) is -3.87. The number of rotatable bonds is 6. The number of carbonyl (C=O) groups is 2. The van der Waals surface area contributed by atoms with Crippen LogP contribution in [0.4, 0.5) is 23.1 Å². The van der Waals surface area contributed by atoms with Gasteiger partial charge in [0, 0.05) is 18.7 Å². The summed E-state index contributed by atoms with van der Waals surface area (Å²) in [7, 11) is 0. The van der Waals surface area contributed by atoms with Crippen LogP contribution in [0.2, 0.25) is 0 Å². The molecule has 0 unspecified atom stereocenters. The fraction of sp³-hybridized carbons (Fsp3) is 0.526. The van der Waals surface area contributed by atoms with Crippen molar-refractivity contribution >= 4 is 38.6 Å². The van der Waals surface area contributed by atoms with Gasteiger partial charge in [-0.15, -0.1) is 0 Å². The van der Waals surface area contributed by atoms with Crippen LogP contribution in [0.1, 0.15) is 38.7 Å². The maximum atomic E-state index is 13.6. The van der Waals surface area contributed by atoms with E-state index in [0.717, 1.165) is 42.7 Å². The van der Waals surface area contributed by atoms with E-state index < -0.39 is 29.3 Å². The molecule has 0 saturated heterocycles. The zero-order valence-corrected chi connectivity index (χ0v) is 17.3. The number of carbonyl (C=O) groups excluding carboxylic acids is 2. The molecule has 2 aromatic rings. The van der Waals surface area contributed by atoms with Crippen molar-refractivity contribution in [2.24, 2.45) is 5.41 Å². The highest BCUT2D eigenvalue weighted by atomic mass is 32.1. The molecular weight excluding hydrogens is 421 g/mol. The highest BCUT2D eigenvalue weighted by Crippen LogP contribution is 2.41. The molecule has 1 saturated carbocycles. The number of hydrogen-bond acceptors (Lipinski definition) is 5. The Bertz CT molecular complexity index is 958. The van der Waals surface area contributed by atoms with Gasteiger partial charge in [0.1, 0.15) is 0 Å². The molecule has 1 aliphatic rings. The Labute approximate surface area is 175 Å². The number of thiazole rings is 1. The van der Waals surface area contributed by atoms with Crippen LogP contribution in [-0.2, 0) is 10.4 Å². The van der Waals surface area contributed by atoms with Crippen molar-refractivity contribution in [1.82, 2.24) is 15.6 Å². The minimum Gasteiger partial charge on any atom is -0.369 e. The number of hydrogen-bond donors (Lipinski definition) is 4. The number of aliphatic hydroxyl groups is 1. The van der Waals surface area contributed by atoms with Gasteiger partial charge in [-0.25, -0.2) is 9.78 Å². The highest BCUT2D eigenvalue weighted by molar-refractivity contribution is 7.22. The summed E-state index contributed by atoms with van der Waals surface area (Å²) < 4.78 is 41.0. The van der Waals surface area contributed by atoms with Crippen molar-refractivity contribution in [1.29, 1.82) is 0 Å². The molecule has 164 valence electrons. The number of halogens is 3. The highest BCUT2D eigenvalue weighted by Gasteiger charge is 2.60. The van der Waals surface area contributed by atoms with Crippen molar-refractivity contribution in [3.05, 3.63) is 23.8 Å². The third-order valence-electron chi connectivity index (χ3n) is 5.34. The molecule has 0 bridgehead atoms. The Kier molecular flexibility index (Phi) is 5.96.